The maximum atomic E-state index is 12.9. The first kappa shape index (κ1) is 18.3. The monoisotopic (exact) mass is 336 g/mol. The van der Waals surface area contributed by atoms with Gasteiger partial charge in [-0.25, -0.2) is 0 Å². The molecule has 3 rings (SSSR count). The van der Waals surface area contributed by atoms with Crippen molar-refractivity contribution in [3.8, 4) is 0 Å². The van der Waals surface area contributed by atoms with E-state index in [-0.39, 0.29) is 17.8 Å². The molecule has 0 radical (unpaired) electrons. The predicted octanol–water partition coefficient (Wildman–Crippen LogP) is 3.41. The molecule has 23 heavy (non-hydrogen) atoms. The number of halogens is 1. The van der Waals surface area contributed by atoms with Gasteiger partial charge in [0.25, 0.3) is 0 Å². The van der Waals surface area contributed by atoms with Gasteiger partial charge in [0.05, 0.1) is 5.41 Å². The van der Waals surface area contributed by atoms with Gasteiger partial charge >= 0.3 is 0 Å². The van der Waals surface area contributed by atoms with Crippen LogP contribution in [0.15, 0.2) is 30.3 Å². The van der Waals surface area contributed by atoms with Crippen LogP contribution in [-0.2, 0) is 11.2 Å². The van der Waals surface area contributed by atoms with E-state index in [1.54, 1.807) is 0 Å². The molecule has 1 saturated carbocycles. The van der Waals surface area contributed by atoms with Crippen molar-refractivity contribution >= 4 is 18.3 Å². The van der Waals surface area contributed by atoms with Crippen LogP contribution in [-0.4, -0.2) is 30.4 Å². The third kappa shape index (κ3) is 4.07. The van der Waals surface area contributed by atoms with Gasteiger partial charge in [0.1, 0.15) is 0 Å². The number of nitrogens with zero attached hydrogens (tertiary/aromatic N) is 1. The van der Waals surface area contributed by atoms with Crippen molar-refractivity contribution in [2.75, 3.05) is 19.6 Å². The Labute approximate surface area is 146 Å². The minimum Gasteiger partial charge on any atom is -0.342 e. The van der Waals surface area contributed by atoms with Crippen LogP contribution in [0.3, 0.4) is 0 Å². The molecule has 4 heteroatoms. The number of rotatable bonds is 4. The number of carbonyl (C=O) groups is 1. The van der Waals surface area contributed by atoms with Crippen LogP contribution in [0.1, 0.15) is 44.1 Å². The number of amides is 1. The summed E-state index contributed by atoms with van der Waals surface area (Å²) in [5.41, 5.74) is 7.15. The Bertz CT molecular complexity index is 491. The summed E-state index contributed by atoms with van der Waals surface area (Å²) in [6.45, 7) is 2.35. The first-order valence-electron chi connectivity index (χ1n) is 8.77. The molecule has 3 nitrogen and oxygen atoms in total. The number of benzene rings is 1. The summed E-state index contributed by atoms with van der Waals surface area (Å²) in [7, 11) is 0. The zero-order valence-electron chi connectivity index (χ0n) is 13.9. The third-order valence-corrected chi connectivity index (χ3v) is 5.67. The van der Waals surface area contributed by atoms with Gasteiger partial charge in [-0.1, -0.05) is 43.2 Å². The fraction of sp³-hybridized carbons (Fsp3) is 0.632. The van der Waals surface area contributed by atoms with E-state index in [4.69, 9.17) is 5.73 Å². The maximum absolute atomic E-state index is 12.9. The zero-order chi connectivity index (χ0) is 15.4. The summed E-state index contributed by atoms with van der Waals surface area (Å²) >= 11 is 0. The molecule has 0 aromatic heterocycles. The smallest absolute Gasteiger partial charge is 0.230 e. The van der Waals surface area contributed by atoms with Crippen molar-refractivity contribution in [3.05, 3.63) is 35.9 Å². The summed E-state index contributed by atoms with van der Waals surface area (Å²) in [5.74, 6) is 1.05. The Hall–Kier alpha value is -1.06. The largest absolute Gasteiger partial charge is 0.342 e. The lowest BCUT2D eigenvalue weighted by Gasteiger charge is -2.38. The van der Waals surface area contributed by atoms with Gasteiger partial charge in [-0.3, -0.25) is 4.79 Å². The highest BCUT2D eigenvalue weighted by Crippen LogP contribution is 2.39. The van der Waals surface area contributed by atoms with Gasteiger partial charge in [-0.15, -0.1) is 12.4 Å². The number of hydrogen-bond acceptors (Lipinski definition) is 2. The Balaban J connectivity index is 0.00000192. The van der Waals surface area contributed by atoms with E-state index in [0.29, 0.717) is 18.4 Å². The lowest BCUT2D eigenvalue weighted by molar-refractivity contribution is -0.142. The third-order valence-electron chi connectivity index (χ3n) is 5.67. The number of piperidine rings is 1. The van der Waals surface area contributed by atoms with Crippen molar-refractivity contribution < 1.29 is 4.79 Å². The molecule has 2 aliphatic rings. The molecule has 2 fully saturated rings. The second-order valence-electron chi connectivity index (χ2n) is 7.12. The predicted molar refractivity (Wildman–Crippen MR) is 96.7 cm³/mol. The van der Waals surface area contributed by atoms with Crippen LogP contribution in [0.4, 0.5) is 0 Å². The quantitative estimate of drug-likeness (QED) is 0.915. The fourth-order valence-corrected chi connectivity index (χ4v) is 4.18. The normalized spacial score (nSPS) is 21.0. The van der Waals surface area contributed by atoms with Gasteiger partial charge in [0.15, 0.2) is 0 Å². The fourth-order valence-electron chi connectivity index (χ4n) is 4.18. The van der Waals surface area contributed by atoms with Gasteiger partial charge in [-0.2, -0.15) is 0 Å². The highest BCUT2D eigenvalue weighted by molar-refractivity contribution is 5.85. The molecular formula is C19H29ClN2O. The Kier molecular flexibility index (Phi) is 6.49. The van der Waals surface area contributed by atoms with Crippen LogP contribution in [0.5, 0.6) is 0 Å². The first-order valence-corrected chi connectivity index (χ1v) is 8.77. The molecule has 1 aromatic rings. The maximum Gasteiger partial charge on any atom is 0.230 e. The van der Waals surface area contributed by atoms with Crippen molar-refractivity contribution in [3.63, 3.8) is 0 Å². The van der Waals surface area contributed by atoms with Gasteiger partial charge in [0, 0.05) is 19.6 Å². The Morgan fingerprint density at radius 3 is 2.30 bits per heavy atom. The molecule has 1 aliphatic heterocycles. The van der Waals surface area contributed by atoms with E-state index in [1.807, 2.05) is 0 Å². The average molecular weight is 337 g/mol. The average Bonchev–Trinajstić information content (AvgIpc) is 3.06. The van der Waals surface area contributed by atoms with E-state index in [0.717, 1.165) is 58.0 Å². The van der Waals surface area contributed by atoms with E-state index in [9.17, 15) is 4.79 Å². The highest BCUT2D eigenvalue weighted by atomic mass is 35.5. The molecule has 1 aromatic carbocycles. The minimum atomic E-state index is -0.230. The van der Waals surface area contributed by atoms with Crippen molar-refractivity contribution in [1.82, 2.24) is 4.90 Å². The van der Waals surface area contributed by atoms with Crippen molar-refractivity contribution in [2.45, 2.75) is 44.9 Å². The number of hydrogen-bond donors (Lipinski definition) is 1. The summed E-state index contributed by atoms with van der Waals surface area (Å²) in [5, 5.41) is 0. The van der Waals surface area contributed by atoms with Crippen LogP contribution in [0.2, 0.25) is 0 Å². The van der Waals surface area contributed by atoms with Gasteiger partial charge < -0.3 is 10.6 Å². The second-order valence-corrected chi connectivity index (χ2v) is 7.12. The molecule has 2 N–H and O–H groups in total. The lowest BCUT2D eigenvalue weighted by atomic mass is 9.83. The zero-order valence-corrected chi connectivity index (χ0v) is 14.7. The lowest BCUT2D eigenvalue weighted by Crippen LogP contribution is -2.49. The Morgan fingerprint density at radius 2 is 1.74 bits per heavy atom. The summed E-state index contributed by atoms with van der Waals surface area (Å²) in [4.78, 5) is 15.0. The topological polar surface area (TPSA) is 46.3 Å². The van der Waals surface area contributed by atoms with E-state index in [2.05, 4.69) is 35.2 Å². The molecule has 0 spiro atoms. The van der Waals surface area contributed by atoms with Gasteiger partial charge in [0.2, 0.25) is 5.91 Å². The molecule has 128 valence electrons. The molecule has 1 saturated heterocycles. The number of nitrogens with two attached hydrogens (primary N) is 1. The second kappa shape index (κ2) is 8.16. The van der Waals surface area contributed by atoms with Crippen LogP contribution in [0, 0.1) is 11.3 Å². The molecular weight excluding hydrogens is 308 g/mol. The molecule has 1 heterocycles. The van der Waals surface area contributed by atoms with E-state index in [1.165, 1.54) is 5.56 Å². The van der Waals surface area contributed by atoms with Crippen molar-refractivity contribution in [2.24, 2.45) is 17.1 Å². The van der Waals surface area contributed by atoms with Crippen LogP contribution >= 0.6 is 12.4 Å². The minimum absolute atomic E-state index is 0. The van der Waals surface area contributed by atoms with E-state index < -0.39 is 0 Å². The highest BCUT2D eigenvalue weighted by Gasteiger charge is 2.42. The van der Waals surface area contributed by atoms with Crippen LogP contribution in [0.25, 0.3) is 0 Å². The molecule has 1 aliphatic carbocycles. The molecule has 0 bridgehead atoms. The van der Waals surface area contributed by atoms with E-state index >= 15 is 0 Å². The SMILES string of the molecule is Cl.NCC1(C(=O)N2CCC(Cc3ccccc3)CC2)CCCC1. The summed E-state index contributed by atoms with van der Waals surface area (Å²) < 4.78 is 0. The molecule has 1 amide bonds. The number of likely N-dealkylation sites (tertiary alicyclic amines) is 1. The number of carbonyl (C=O) groups excluding carboxylic acids is 1. The molecule has 0 unspecified atom stereocenters. The molecule has 0 atom stereocenters. The van der Waals surface area contributed by atoms with Gasteiger partial charge in [-0.05, 0) is 43.6 Å². The van der Waals surface area contributed by atoms with Crippen LogP contribution < -0.4 is 5.73 Å². The standard InChI is InChI=1S/C19H28N2O.ClH/c20-15-19(10-4-5-11-19)18(22)21-12-8-17(9-13-21)14-16-6-2-1-3-7-16;/h1-3,6-7,17H,4-5,8-15,20H2;1H. The summed E-state index contributed by atoms with van der Waals surface area (Å²) in [6.07, 6.45) is 7.70. The first-order chi connectivity index (χ1) is 10.7. The Morgan fingerprint density at radius 1 is 1.13 bits per heavy atom. The van der Waals surface area contributed by atoms with Crippen molar-refractivity contribution in [1.29, 1.82) is 0 Å². The summed E-state index contributed by atoms with van der Waals surface area (Å²) in [6, 6.07) is 10.7.